The van der Waals surface area contributed by atoms with Gasteiger partial charge in [0.15, 0.2) is 0 Å². The number of rotatable bonds is 5. The van der Waals surface area contributed by atoms with E-state index in [4.69, 9.17) is 9.59 Å². The number of pyridine rings is 1. The summed E-state index contributed by atoms with van der Waals surface area (Å²) in [4.78, 5) is 41.7. The van der Waals surface area contributed by atoms with Gasteiger partial charge in [-0.15, -0.1) is 0 Å². The van der Waals surface area contributed by atoms with Crippen LogP contribution in [0.1, 0.15) is 24.1 Å². The second kappa shape index (κ2) is 9.30. The minimum atomic E-state index is -0.956. The van der Waals surface area contributed by atoms with Crippen molar-refractivity contribution in [1.29, 1.82) is 0 Å². The smallest absolute Gasteiger partial charge is 0.373 e. The summed E-state index contributed by atoms with van der Waals surface area (Å²) in [6, 6.07) is 1.24. The van der Waals surface area contributed by atoms with Gasteiger partial charge >= 0.3 is 12.1 Å². The zero-order valence-electron chi connectivity index (χ0n) is 12.2. The number of aryl methyl sites for hydroxylation is 1. The molecule has 0 saturated heterocycles. The quantitative estimate of drug-likeness (QED) is 0.454. The number of ether oxygens (including phenoxy) is 1. The molecule has 1 rings (SSSR count). The number of carbonyl (C=O) groups excluding carboxylic acids is 3. The molecule has 0 aliphatic carbocycles. The predicted molar refractivity (Wildman–Crippen MR) is 69.7 cm³/mol. The van der Waals surface area contributed by atoms with Crippen molar-refractivity contribution in [3.63, 3.8) is 0 Å². The normalized spacial score (nSPS) is 12.2. The Balaban J connectivity index is 0.00000135. The molecular weight excluding hydrogens is 299 g/mol. The Kier molecular flexibility index (Phi) is 8.17. The van der Waals surface area contributed by atoms with E-state index >= 15 is 0 Å². The molecule has 0 aliphatic heterocycles. The van der Waals surface area contributed by atoms with Gasteiger partial charge in [-0.3, -0.25) is 19.9 Å². The molecule has 120 valence electrons. The fourth-order valence-corrected chi connectivity index (χ4v) is 1.81. The first-order valence-corrected chi connectivity index (χ1v) is 6.09. The van der Waals surface area contributed by atoms with Crippen LogP contribution in [-0.4, -0.2) is 35.7 Å². The van der Waals surface area contributed by atoms with Gasteiger partial charge in [-0.2, -0.15) is 9.59 Å². The number of carbonyl (C=O) groups is 1. The molecule has 1 unspecified atom stereocenters. The van der Waals surface area contributed by atoms with Crippen molar-refractivity contribution < 1.29 is 28.4 Å². The minimum absolute atomic E-state index is 0.0831. The highest BCUT2D eigenvalue weighted by molar-refractivity contribution is 5.73. The number of hydrogen-bond acceptors (Lipinski definition) is 7. The summed E-state index contributed by atoms with van der Waals surface area (Å²) in [5.74, 6) is -3.08. The second-order valence-corrected chi connectivity index (χ2v) is 4.40. The van der Waals surface area contributed by atoms with Crippen molar-refractivity contribution in [3.8, 4) is 0 Å². The molecule has 0 spiro atoms. The average molecular weight is 314 g/mol. The SMILES string of the molecule is COC(=O)C(C)[C@@H](C[N+](=O)[O-])c1ncc(C)cc1F.O=C=O. The van der Waals surface area contributed by atoms with E-state index in [-0.39, 0.29) is 11.8 Å². The molecule has 0 saturated carbocycles. The van der Waals surface area contributed by atoms with Crippen LogP contribution in [0.2, 0.25) is 0 Å². The second-order valence-electron chi connectivity index (χ2n) is 4.40. The molecule has 0 aliphatic rings. The van der Waals surface area contributed by atoms with E-state index in [0.717, 1.165) is 0 Å². The van der Waals surface area contributed by atoms with Gasteiger partial charge in [0.05, 0.1) is 24.6 Å². The van der Waals surface area contributed by atoms with Crippen molar-refractivity contribution in [2.45, 2.75) is 19.8 Å². The predicted octanol–water partition coefficient (Wildman–Crippen LogP) is 1.12. The number of halogens is 1. The number of nitrogens with zero attached hydrogens (tertiary/aromatic N) is 2. The zero-order valence-corrected chi connectivity index (χ0v) is 12.2. The molecule has 8 nitrogen and oxygen atoms in total. The monoisotopic (exact) mass is 314 g/mol. The molecule has 1 heterocycles. The molecule has 1 aromatic rings. The van der Waals surface area contributed by atoms with E-state index in [1.807, 2.05) is 0 Å². The van der Waals surface area contributed by atoms with E-state index in [9.17, 15) is 19.3 Å². The molecule has 9 heteroatoms. The number of aromatic nitrogens is 1. The lowest BCUT2D eigenvalue weighted by molar-refractivity contribution is -0.484. The first-order chi connectivity index (χ1) is 10.3. The largest absolute Gasteiger partial charge is 0.469 e. The molecule has 0 aromatic carbocycles. The van der Waals surface area contributed by atoms with Gasteiger partial charge in [-0.25, -0.2) is 4.39 Å². The Hall–Kier alpha value is -2.67. The van der Waals surface area contributed by atoms with Gasteiger partial charge in [0.25, 0.3) is 0 Å². The topological polar surface area (TPSA) is 116 Å². The summed E-state index contributed by atoms with van der Waals surface area (Å²) >= 11 is 0. The lowest BCUT2D eigenvalue weighted by Crippen LogP contribution is -2.28. The van der Waals surface area contributed by atoms with Crippen LogP contribution in [-0.2, 0) is 19.1 Å². The van der Waals surface area contributed by atoms with Crippen LogP contribution in [0.4, 0.5) is 4.39 Å². The van der Waals surface area contributed by atoms with E-state index < -0.39 is 35.1 Å². The van der Waals surface area contributed by atoms with Gasteiger partial charge in [0, 0.05) is 11.1 Å². The first kappa shape index (κ1) is 19.3. The summed E-state index contributed by atoms with van der Waals surface area (Å²) < 4.78 is 18.4. The molecule has 0 N–H and O–H groups in total. The first-order valence-electron chi connectivity index (χ1n) is 6.09. The summed E-state index contributed by atoms with van der Waals surface area (Å²) in [6.07, 6.45) is 1.66. The van der Waals surface area contributed by atoms with Crippen LogP contribution < -0.4 is 0 Å². The Bertz CT molecular complexity index is 572. The number of hydrogen-bond donors (Lipinski definition) is 0. The summed E-state index contributed by atoms with van der Waals surface area (Å²) in [7, 11) is 1.18. The third-order valence-corrected chi connectivity index (χ3v) is 2.88. The van der Waals surface area contributed by atoms with Crippen molar-refractivity contribution in [2.75, 3.05) is 13.7 Å². The van der Waals surface area contributed by atoms with Crippen molar-refractivity contribution in [2.24, 2.45) is 5.92 Å². The minimum Gasteiger partial charge on any atom is -0.469 e. The van der Waals surface area contributed by atoms with Crippen LogP contribution >= 0.6 is 0 Å². The number of nitro groups is 1. The van der Waals surface area contributed by atoms with Gasteiger partial charge in [-0.05, 0) is 18.6 Å². The summed E-state index contributed by atoms with van der Waals surface area (Å²) in [5, 5.41) is 10.7. The van der Waals surface area contributed by atoms with E-state index in [2.05, 4.69) is 9.72 Å². The summed E-state index contributed by atoms with van der Waals surface area (Å²) in [5.41, 5.74) is 0.520. The highest BCUT2D eigenvalue weighted by atomic mass is 19.1. The Labute approximate surface area is 125 Å². The third-order valence-electron chi connectivity index (χ3n) is 2.88. The molecule has 0 radical (unpaired) electrons. The Morgan fingerprint density at radius 1 is 1.55 bits per heavy atom. The lowest BCUT2D eigenvalue weighted by atomic mass is 9.90. The van der Waals surface area contributed by atoms with Gasteiger partial charge in [0.1, 0.15) is 5.82 Å². The maximum Gasteiger partial charge on any atom is 0.373 e. The maximum atomic E-state index is 13.8. The van der Waals surface area contributed by atoms with Crippen molar-refractivity contribution >= 4 is 12.1 Å². The highest BCUT2D eigenvalue weighted by Crippen LogP contribution is 2.26. The molecule has 0 amide bonds. The van der Waals surface area contributed by atoms with E-state index in [1.54, 1.807) is 6.92 Å². The van der Waals surface area contributed by atoms with Gasteiger partial charge in [-0.1, -0.05) is 6.92 Å². The Morgan fingerprint density at radius 3 is 2.50 bits per heavy atom. The zero-order chi connectivity index (χ0) is 17.3. The fraction of sp³-hybridized carbons (Fsp3) is 0.462. The van der Waals surface area contributed by atoms with Crippen LogP contribution in [0.25, 0.3) is 0 Å². The third kappa shape index (κ3) is 5.76. The molecule has 22 heavy (non-hydrogen) atoms. The molecule has 0 bridgehead atoms. The molecule has 1 aromatic heterocycles. The Morgan fingerprint density at radius 2 is 2.09 bits per heavy atom. The summed E-state index contributed by atoms with van der Waals surface area (Å²) in [6.45, 7) is 2.54. The van der Waals surface area contributed by atoms with E-state index in [0.29, 0.717) is 5.56 Å². The van der Waals surface area contributed by atoms with Crippen LogP contribution in [0.5, 0.6) is 0 Å². The van der Waals surface area contributed by atoms with Gasteiger partial charge < -0.3 is 4.74 Å². The van der Waals surface area contributed by atoms with Crippen LogP contribution in [0.15, 0.2) is 12.3 Å². The van der Waals surface area contributed by atoms with Crippen molar-refractivity contribution in [3.05, 3.63) is 39.5 Å². The van der Waals surface area contributed by atoms with Crippen LogP contribution in [0.3, 0.4) is 0 Å². The molecule has 0 fully saturated rings. The average Bonchev–Trinajstić information content (AvgIpc) is 2.44. The van der Waals surface area contributed by atoms with Gasteiger partial charge in [0.2, 0.25) is 6.54 Å². The number of esters is 1. The number of methoxy groups -OCH3 is 1. The molecular formula is C13H15FN2O6. The maximum absolute atomic E-state index is 13.8. The standard InChI is InChI=1S/C12H15FN2O4.CO2/c1-7-4-10(13)11(14-5-7)9(6-15(17)18)8(2)12(16)19-3;2-1-3/h4-5,8-9H,6H2,1-3H3;/t8?,9-;/m1./s1. The highest BCUT2D eigenvalue weighted by Gasteiger charge is 2.33. The lowest BCUT2D eigenvalue weighted by Gasteiger charge is -2.18. The molecule has 2 atom stereocenters. The van der Waals surface area contributed by atoms with Crippen LogP contribution in [0, 0.1) is 28.8 Å². The van der Waals surface area contributed by atoms with E-state index in [1.165, 1.54) is 26.3 Å². The fourth-order valence-electron chi connectivity index (χ4n) is 1.81. The van der Waals surface area contributed by atoms with Crippen molar-refractivity contribution in [1.82, 2.24) is 4.98 Å².